The summed E-state index contributed by atoms with van der Waals surface area (Å²) in [4.78, 5) is 16.1. The molecule has 0 fully saturated rings. The minimum atomic E-state index is 0.0314. The first kappa shape index (κ1) is 13.5. The van der Waals surface area contributed by atoms with Gasteiger partial charge in [0.25, 0.3) is 0 Å². The van der Waals surface area contributed by atoms with E-state index in [9.17, 15) is 4.79 Å². The monoisotopic (exact) mass is 280 g/mol. The van der Waals surface area contributed by atoms with E-state index < -0.39 is 0 Å². The Bertz CT molecular complexity index is 486. The highest BCUT2D eigenvalue weighted by atomic mass is 32.2. The van der Waals surface area contributed by atoms with Crippen molar-refractivity contribution in [1.82, 2.24) is 0 Å². The standard InChI is InChI=1S/C13H16N2OS2/c1-9-3-4-10(2)11(7-9)15-12(16)8-18-13-14-5-6-17-13/h3-4,7H,5-6,8H2,1-2H3,(H,15,16). The molecule has 0 saturated heterocycles. The fourth-order valence-electron chi connectivity index (χ4n) is 1.59. The van der Waals surface area contributed by atoms with E-state index in [0.717, 1.165) is 33.5 Å². The lowest BCUT2D eigenvalue weighted by molar-refractivity contribution is -0.113. The number of aryl methyl sites for hydroxylation is 2. The quantitative estimate of drug-likeness (QED) is 0.925. The summed E-state index contributed by atoms with van der Waals surface area (Å²) in [6.07, 6.45) is 0. The number of rotatable bonds is 3. The van der Waals surface area contributed by atoms with E-state index in [1.54, 1.807) is 11.8 Å². The molecule has 1 heterocycles. The maximum absolute atomic E-state index is 11.8. The third kappa shape index (κ3) is 3.78. The smallest absolute Gasteiger partial charge is 0.234 e. The van der Waals surface area contributed by atoms with Gasteiger partial charge in [0.05, 0.1) is 12.3 Å². The summed E-state index contributed by atoms with van der Waals surface area (Å²) < 4.78 is 1.03. The normalized spacial score (nSPS) is 14.4. The van der Waals surface area contributed by atoms with Gasteiger partial charge < -0.3 is 5.32 Å². The Hall–Kier alpha value is -0.940. The molecule has 0 atom stereocenters. The van der Waals surface area contributed by atoms with Gasteiger partial charge in [-0.15, -0.1) is 0 Å². The first-order chi connectivity index (χ1) is 8.65. The fraction of sp³-hybridized carbons (Fsp3) is 0.385. The molecular formula is C13H16N2OS2. The fourth-order valence-corrected chi connectivity index (χ4v) is 3.40. The van der Waals surface area contributed by atoms with Crippen molar-refractivity contribution >= 4 is 39.5 Å². The van der Waals surface area contributed by atoms with Crippen molar-refractivity contribution in [3.05, 3.63) is 29.3 Å². The van der Waals surface area contributed by atoms with Crippen LogP contribution >= 0.6 is 23.5 Å². The molecule has 0 bridgehead atoms. The van der Waals surface area contributed by atoms with E-state index in [0.29, 0.717) is 5.75 Å². The van der Waals surface area contributed by atoms with Crippen molar-refractivity contribution in [3.8, 4) is 0 Å². The van der Waals surface area contributed by atoms with Crippen LogP contribution in [-0.4, -0.2) is 28.3 Å². The highest BCUT2D eigenvalue weighted by Gasteiger charge is 2.11. The molecule has 0 unspecified atom stereocenters. The molecule has 0 saturated carbocycles. The molecule has 0 aliphatic carbocycles. The van der Waals surface area contributed by atoms with Crippen molar-refractivity contribution < 1.29 is 4.79 Å². The van der Waals surface area contributed by atoms with Crippen molar-refractivity contribution in [2.24, 2.45) is 4.99 Å². The molecule has 5 heteroatoms. The highest BCUT2D eigenvalue weighted by molar-refractivity contribution is 8.39. The van der Waals surface area contributed by atoms with Gasteiger partial charge in [-0.2, -0.15) is 0 Å². The maximum Gasteiger partial charge on any atom is 0.234 e. The molecule has 0 radical (unpaired) electrons. The van der Waals surface area contributed by atoms with E-state index in [4.69, 9.17) is 0 Å². The average molecular weight is 280 g/mol. The van der Waals surface area contributed by atoms with E-state index in [1.165, 1.54) is 11.8 Å². The van der Waals surface area contributed by atoms with Crippen LogP contribution in [-0.2, 0) is 4.79 Å². The van der Waals surface area contributed by atoms with Crippen LogP contribution in [0.5, 0.6) is 0 Å². The summed E-state index contributed by atoms with van der Waals surface area (Å²) in [6.45, 7) is 4.90. The molecule has 3 nitrogen and oxygen atoms in total. The van der Waals surface area contributed by atoms with Gasteiger partial charge in [0.2, 0.25) is 5.91 Å². The number of amides is 1. The zero-order chi connectivity index (χ0) is 13.0. The molecule has 1 N–H and O–H groups in total. The SMILES string of the molecule is Cc1ccc(C)c(NC(=O)CSC2=NCCS2)c1. The number of hydrogen-bond donors (Lipinski definition) is 1. The summed E-state index contributed by atoms with van der Waals surface area (Å²) in [7, 11) is 0. The molecule has 1 amide bonds. The van der Waals surface area contributed by atoms with Crippen LogP contribution in [0.25, 0.3) is 0 Å². The van der Waals surface area contributed by atoms with E-state index >= 15 is 0 Å². The highest BCUT2D eigenvalue weighted by Crippen LogP contribution is 2.22. The Labute approximate surface area is 116 Å². The predicted octanol–water partition coefficient (Wildman–Crippen LogP) is 3.08. The van der Waals surface area contributed by atoms with Crippen molar-refractivity contribution in [2.75, 3.05) is 23.4 Å². The van der Waals surface area contributed by atoms with E-state index in [1.807, 2.05) is 32.0 Å². The summed E-state index contributed by atoms with van der Waals surface area (Å²) in [5.41, 5.74) is 3.15. The number of nitrogens with one attached hydrogen (secondary N) is 1. The van der Waals surface area contributed by atoms with E-state index in [-0.39, 0.29) is 5.91 Å². The first-order valence-electron chi connectivity index (χ1n) is 5.82. The molecule has 0 spiro atoms. The number of nitrogens with zero attached hydrogens (tertiary/aromatic N) is 1. The van der Waals surface area contributed by atoms with Gasteiger partial charge in [-0.25, -0.2) is 0 Å². The second-order valence-corrected chi connectivity index (χ2v) is 6.46. The summed E-state index contributed by atoms with van der Waals surface area (Å²) >= 11 is 3.25. The third-order valence-electron chi connectivity index (χ3n) is 2.55. The molecule has 18 heavy (non-hydrogen) atoms. The summed E-state index contributed by atoms with van der Waals surface area (Å²) in [5.74, 6) is 1.50. The van der Waals surface area contributed by atoms with Crippen LogP contribution in [0.15, 0.2) is 23.2 Å². The van der Waals surface area contributed by atoms with Gasteiger partial charge in [-0.05, 0) is 31.0 Å². The number of aliphatic imine (C=N–C) groups is 1. The van der Waals surface area contributed by atoms with Crippen LogP contribution in [0.4, 0.5) is 5.69 Å². The Morgan fingerprint density at radius 1 is 1.50 bits per heavy atom. The van der Waals surface area contributed by atoms with Crippen LogP contribution < -0.4 is 5.32 Å². The molecule has 1 aromatic rings. The molecule has 2 rings (SSSR count). The number of carbonyl (C=O) groups is 1. The van der Waals surface area contributed by atoms with Crippen LogP contribution in [0.2, 0.25) is 0 Å². The lowest BCUT2D eigenvalue weighted by Crippen LogP contribution is -2.15. The summed E-state index contributed by atoms with van der Waals surface area (Å²) in [6, 6.07) is 6.07. The van der Waals surface area contributed by atoms with Crippen LogP contribution in [0.3, 0.4) is 0 Å². The lowest BCUT2D eigenvalue weighted by atomic mass is 10.1. The number of hydrogen-bond acceptors (Lipinski definition) is 4. The average Bonchev–Trinajstić information content (AvgIpc) is 2.84. The van der Waals surface area contributed by atoms with E-state index in [2.05, 4.69) is 10.3 Å². The van der Waals surface area contributed by atoms with Crippen molar-refractivity contribution in [3.63, 3.8) is 0 Å². The number of anilines is 1. The zero-order valence-corrected chi connectivity index (χ0v) is 12.2. The predicted molar refractivity (Wildman–Crippen MR) is 81.8 cm³/mol. The molecular weight excluding hydrogens is 264 g/mol. The second-order valence-electron chi connectivity index (χ2n) is 4.15. The minimum Gasteiger partial charge on any atom is -0.325 e. The molecule has 0 aromatic heterocycles. The number of benzene rings is 1. The van der Waals surface area contributed by atoms with Gasteiger partial charge in [-0.1, -0.05) is 35.7 Å². The Morgan fingerprint density at radius 3 is 3.06 bits per heavy atom. The van der Waals surface area contributed by atoms with Gasteiger partial charge in [0, 0.05) is 11.4 Å². The first-order valence-corrected chi connectivity index (χ1v) is 7.79. The minimum absolute atomic E-state index is 0.0314. The summed E-state index contributed by atoms with van der Waals surface area (Å²) in [5, 5.41) is 2.95. The largest absolute Gasteiger partial charge is 0.325 e. The third-order valence-corrected chi connectivity index (χ3v) is 4.80. The van der Waals surface area contributed by atoms with Gasteiger partial charge >= 0.3 is 0 Å². The zero-order valence-electron chi connectivity index (χ0n) is 10.5. The number of thioether (sulfide) groups is 2. The molecule has 1 aliphatic heterocycles. The topological polar surface area (TPSA) is 41.5 Å². The molecule has 1 aliphatic rings. The van der Waals surface area contributed by atoms with Gasteiger partial charge in [0.15, 0.2) is 0 Å². The molecule has 1 aromatic carbocycles. The van der Waals surface area contributed by atoms with Gasteiger partial charge in [-0.3, -0.25) is 9.79 Å². The van der Waals surface area contributed by atoms with Gasteiger partial charge in [0.1, 0.15) is 4.38 Å². The Balaban J connectivity index is 1.88. The molecule has 96 valence electrons. The van der Waals surface area contributed by atoms with Crippen molar-refractivity contribution in [1.29, 1.82) is 0 Å². The van der Waals surface area contributed by atoms with Crippen molar-refractivity contribution in [2.45, 2.75) is 13.8 Å². The van der Waals surface area contributed by atoms with Crippen LogP contribution in [0.1, 0.15) is 11.1 Å². The lowest BCUT2D eigenvalue weighted by Gasteiger charge is -2.09. The maximum atomic E-state index is 11.8. The van der Waals surface area contributed by atoms with Crippen LogP contribution in [0, 0.1) is 13.8 Å². The second kappa shape index (κ2) is 6.29. The number of carbonyl (C=O) groups excluding carboxylic acids is 1. The Morgan fingerprint density at radius 2 is 2.33 bits per heavy atom. The Kier molecular flexibility index (Phi) is 4.72.